The van der Waals surface area contributed by atoms with E-state index in [1.54, 1.807) is 6.07 Å². The zero-order chi connectivity index (χ0) is 20.9. The molecule has 1 aromatic heterocycles. The molecule has 0 bridgehead atoms. The maximum absolute atomic E-state index is 11.5. The molecule has 0 aliphatic carbocycles. The van der Waals surface area contributed by atoms with E-state index in [2.05, 4.69) is 33.9 Å². The first-order chi connectivity index (χ1) is 14.6. The Kier molecular flexibility index (Phi) is 6.40. The number of β-amino-alcohol motifs (C(OH)–C–C–N with tert-alkyl or cyclic N) is 1. The monoisotopic (exact) mass is 411 g/mol. The summed E-state index contributed by atoms with van der Waals surface area (Å²) < 4.78 is 11.7. The molecule has 3 aromatic rings. The van der Waals surface area contributed by atoms with E-state index in [1.165, 1.54) is 5.56 Å². The number of hydrogen-bond acceptors (Lipinski definition) is 5. The van der Waals surface area contributed by atoms with Crippen molar-refractivity contribution >= 4 is 11.0 Å². The second-order valence-electron chi connectivity index (χ2n) is 8.09. The second-order valence-corrected chi connectivity index (χ2v) is 8.09. The number of nitrogens with one attached hydrogen (secondary N) is 2. The maximum Gasteiger partial charge on any atom is 0.323 e. The molecule has 0 spiro atoms. The van der Waals surface area contributed by atoms with E-state index in [1.807, 2.05) is 24.3 Å². The summed E-state index contributed by atoms with van der Waals surface area (Å²) in [5.74, 6) is 2.04. The summed E-state index contributed by atoms with van der Waals surface area (Å²) in [6.45, 7) is 5.45. The third kappa shape index (κ3) is 5.23. The highest BCUT2D eigenvalue weighted by Crippen LogP contribution is 2.22. The Morgan fingerprint density at radius 1 is 1.13 bits per heavy atom. The molecule has 1 aliphatic rings. The minimum absolute atomic E-state index is 0.183. The van der Waals surface area contributed by atoms with Crippen LogP contribution in [0.15, 0.2) is 47.3 Å². The Balaban J connectivity index is 1.19. The van der Waals surface area contributed by atoms with Crippen LogP contribution in [0.1, 0.15) is 18.4 Å². The topological polar surface area (TPSA) is 90.6 Å². The van der Waals surface area contributed by atoms with Crippen LogP contribution < -0.4 is 15.2 Å². The number of rotatable bonds is 8. The van der Waals surface area contributed by atoms with Gasteiger partial charge in [0, 0.05) is 6.54 Å². The van der Waals surface area contributed by atoms with E-state index < -0.39 is 6.10 Å². The molecule has 0 amide bonds. The van der Waals surface area contributed by atoms with Crippen LogP contribution in [0, 0.1) is 12.8 Å². The lowest BCUT2D eigenvalue weighted by molar-refractivity contribution is 0.0506. The number of fused-ring (bicyclic) bond motifs is 1. The van der Waals surface area contributed by atoms with Crippen molar-refractivity contribution in [2.75, 3.05) is 32.8 Å². The predicted octanol–water partition coefficient (Wildman–Crippen LogP) is 2.70. The zero-order valence-electron chi connectivity index (χ0n) is 17.3. The van der Waals surface area contributed by atoms with Gasteiger partial charge in [-0.2, -0.15) is 0 Å². The molecule has 4 rings (SSSR count). The smallest absolute Gasteiger partial charge is 0.323 e. The van der Waals surface area contributed by atoms with Gasteiger partial charge >= 0.3 is 5.69 Å². The van der Waals surface area contributed by atoms with Gasteiger partial charge in [-0.3, -0.25) is 0 Å². The molecule has 160 valence electrons. The number of aromatic nitrogens is 2. The van der Waals surface area contributed by atoms with Gasteiger partial charge in [-0.05, 0) is 68.6 Å². The number of aromatic amines is 2. The Morgan fingerprint density at radius 2 is 1.93 bits per heavy atom. The largest absolute Gasteiger partial charge is 0.493 e. The maximum atomic E-state index is 11.5. The number of aliphatic hydroxyl groups excluding tert-OH is 1. The summed E-state index contributed by atoms with van der Waals surface area (Å²) in [5.41, 5.74) is 2.26. The SMILES string of the molecule is Cc1cccc(OCC2CCN(CC(O)COc3cccc4[nH]c(=O)[nH]c34)CC2)c1. The van der Waals surface area contributed by atoms with Crippen LogP contribution in [0.3, 0.4) is 0 Å². The number of likely N-dealkylation sites (tertiary alicyclic amines) is 1. The highest BCUT2D eigenvalue weighted by molar-refractivity contribution is 5.80. The van der Waals surface area contributed by atoms with E-state index in [4.69, 9.17) is 9.47 Å². The van der Waals surface area contributed by atoms with Crippen molar-refractivity contribution in [3.05, 3.63) is 58.5 Å². The van der Waals surface area contributed by atoms with Crippen molar-refractivity contribution in [2.24, 2.45) is 5.92 Å². The molecule has 1 aliphatic heterocycles. The molecule has 1 saturated heterocycles. The van der Waals surface area contributed by atoms with Gasteiger partial charge in [-0.15, -0.1) is 0 Å². The van der Waals surface area contributed by atoms with Crippen molar-refractivity contribution in [2.45, 2.75) is 25.9 Å². The first kappa shape index (κ1) is 20.5. The van der Waals surface area contributed by atoms with Gasteiger partial charge in [0.1, 0.15) is 29.7 Å². The summed E-state index contributed by atoms with van der Waals surface area (Å²) in [5, 5.41) is 10.4. The molecule has 0 saturated carbocycles. The average Bonchev–Trinajstić information content (AvgIpc) is 3.12. The molecule has 2 heterocycles. The number of imidazole rings is 1. The number of ether oxygens (including phenoxy) is 2. The number of nitrogens with zero attached hydrogens (tertiary/aromatic N) is 1. The molecule has 1 atom stereocenters. The van der Waals surface area contributed by atoms with Crippen LogP contribution in [-0.2, 0) is 0 Å². The molecule has 7 nitrogen and oxygen atoms in total. The standard InChI is InChI=1S/C23H29N3O4/c1-16-4-2-5-19(12-16)29-14-17-8-10-26(11-9-17)13-18(27)15-30-21-7-3-6-20-22(21)25-23(28)24-20/h2-7,12,17-18,27H,8-11,13-15H2,1H3,(H2,24,25,28). The molecule has 1 unspecified atom stereocenters. The van der Waals surface area contributed by atoms with Crippen LogP contribution in [0.2, 0.25) is 0 Å². The van der Waals surface area contributed by atoms with Crippen LogP contribution in [-0.4, -0.2) is 58.9 Å². The fourth-order valence-electron chi connectivity index (χ4n) is 3.94. The van der Waals surface area contributed by atoms with E-state index in [0.717, 1.165) is 38.3 Å². The number of H-pyrrole nitrogens is 2. The van der Waals surface area contributed by atoms with Gasteiger partial charge in [-0.1, -0.05) is 18.2 Å². The minimum Gasteiger partial charge on any atom is -0.493 e. The lowest BCUT2D eigenvalue weighted by Crippen LogP contribution is -2.41. The highest BCUT2D eigenvalue weighted by atomic mass is 16.5. The van der Waals surface area contributed by atoms with Crippen LogP contribution in [0.25, 0.3) is 11.0 Å². The first-order valence-electron chi connectivity index (χ1n) is 10.5. The number of benzene rings is 2. The number of para-hydroxylation sites is 1. The highest BCUT2D eigenvalue weighted by Gasteiger charge is 2.22. The molecule has 30 heavy (non-hydrogen) atoms. The molecule has 7 heteroatoms. The molecular weight excluding hydrogens is 382 g/mol. The zero-order valence-corrected chi connectivity index (χ0v) is 17.3. The van der Waals surface area contributed by atoms with E-state index in [9.17, 15) is 9.90 Å². The van der Waals surface area contributed by atoms with Crippen molar-refractivity contribution in [1.82, 2.24) is 14.9 Å². The van der Waals surface area contributed by atoms with Gasteiger partial charge in [0.2, 0.25) is 0 Å². The van der Waals surface area contributed by atoms with Gasteiger partial charge in [-0.25, -0.2) is 4.79 Å². The van der Waals surface area contributed by atoms with Crippen molar-refractivity contribution in [1.29, 1.82) is 0 Å². The fraction of sp³-hybridized carbons (Fsp3) is 0.435. The third-order valence-electron chi connectivity index (χ3n) is 5.60. The van der Waals surface area contributed by atoms with Gasteiger partial charge < -0.3 is 29.4 Å². The summed E-state index contributed by atoms with van der Waals surface area (Å²) in [6, 6.07) is 13.6. The van der Waals surface area contributed by atoms with Gasteiger partial charge in [0.15, 0.2) is 0 Å². The number of piperidine rings is 1. The van der Waals surface area contributed by atoms with Crippen molar-refractivity contribution < 1.29 is 14.6 Å². The van der Waals surface area contributed by atoms with Gasteiger partial charge in [0.05, 0.1) is 12.1 Å². The van der Waals surface area contributed by atoms with Gasteiger partial charge in [0.25, 0.3) is 0 Å². The normalized spacial score (nSPS) is 16.6. The summed E-state index contributed by atoms with van der Waals surface area (Å²) in [7, 11) is 0. The summed E-state index contributed by atoms with van der Waals surface area (Å²) in [4.78, 5) is 19.2. The molecule has 0 radical (unpaired) electrons. The van der Waals surface area contributed by atoms with Crippen LogP contribution in [0.5, 0.6) is 11.5 Å². The fourth-order valence-corrected chi connectivity index (χ4v) is 3.94. The summed E-state index contributed by atoms with van der Waals surface area (Å²) in [6.07, 6.45) is 1.53. The number of aliphatic hydroxyl groups is 1. The average molecular weight is 412 g/mol. The number of hydrogen-bond donors (Lipinski definition) is 3. The number of aryl methyl sites for hydroxylation is 1. The van der Waals surface area contributed by atoms with Crippen LogP contribution >= 0.6 is 0 Å². The Labute approximate surface area is 175 Å². The van der Waals surface area contributed by atoms with E-state index in [-0.39, 0.29) is 12.3 Å². The molecule has 2 aromatic carbocycles. The molecular formula is C23H29N3O4. The Bertz CT molecular complexity index is 1020. The molecule has 1 fully saturated rings. The van der Waals surface area contributed by atoms with Crippen molar-refractivity contribution in [3.8, 4) is 11.5 Å². The second kappa shape index (κ2) is 9.36. The lowest BCUT2D eigenvalue weighted by Gasteiger charge is -2.33. The predicted molar refractivity (Wildman–Crippen MR) is 116 cm³/mol. The van der Waals surface area contributed by atoms with E-state index in [0.29, 0.717) is 29.2 Å². The summed E-state index contributed by atoms with van der Waals surface area (Å²) >= 11 is 0. The minimum atomic E-state index is -0.592. The first-order valence-corrected chi connectivity index (χ1v) is 10.5. The molecule has 3 N–H and O–H groups in total. The van der Waals surface area contributed by atoms with E-state index >= 15 is 0 Å². The van der Waals surface area contributed by atoms with Crippen LogP contribution in [0.4, 0.5) is 0 Å². The quantitative estimate of drug-likeness (QED) is 0.530. The Morgan fingerprint density at radius 3 is 2.73 bits per heavy atom. The lowest BCUT2D eigenvalue weighted by atomic mass is 9.97. The van der Waals surface area contributed by atoms with Crippen molar-refractivity contribution in [3.63, 3.8) is 0 Å². The Hall–Kier alpha value is -2.77. The third-order valence-corrected chi connectivity index (χ3v) is 5.60.